The van der Waals surface area contributed by atoms with E-state index in [1.54, 1.807) is 18.5 Å². The van der Waals surface area contributed by atoms with Gasteiger partial charge in [-0.3, -0.25) is 9.78 Å². The number of hydrogen-bond donors (Lipinski definition) is 3. The van der Waals surface area contributed by atoms with Gasteiger partial charge in [0.25, 0.3) is 0 Å². The van der Waals surface area contributed by atoms with E-state index in [-0.39, 0.29) is 11.7 Å². The third-order valence-electron chi connectivity index (χ3n) is 5.44. The zero-order chi connectivity index (χ0) is 24.8. The molecule has 1 fully saturated rings. The highest BCUT2D eigenvalue weighted by molar-refractivity contribution is 5.89. The highest BCUT2D eigenvalue weighted by Crippen LogP contribution is 2.31. The van der Waals surface area contributed by atoms with Crippen molar-refractivity contribution >= 4 is 23.2 Å². The normalized spacial score (nSPS) is 14.5. The third kappa shape index (κ3) is 6.74. The molecule has 3 N–H and O–H groups in total. The van der Waals surface area contributed by atoms with Crippen molar-refractivity contribution in [3.8, 4) is 11.3 Å². The number of aromatic nitrogens is 4. The first-order chi connectivity index (χ1) is 16.8. The largest absolute Gasteiger partial charge is 0.381 e. The molecule has 11 heteroatoms. The van der Waals surface area contributed by atoms with Gasteiger partial charge < -0.3 is 20.7 Å². The van der Waals surface area contributed by atoms with E-state index < -0.39 is 11.7 Å². The van der Waals surface area contributed by atoms with Crippen LogP contribution in [0.3, 0.4) is 0 Å². The molecule has 1 aliphatic heterocycles. The van der Waals surface area contributed by atoms with E-state index in [2.05, 4.69) is 35.9 Å². The number of alkyl halides is 2. The first-order valence-corrected chi connectivity index (χ1v) is 11.3. The van der Waals surface area contributed by atoms with Gasteiger partial charge in [0, 0.05) is 69.9 Å². The fourth-order valence-corrected chi connectivity index (χ4v) is 3.64. The number of carbonyl (C=O) groups excluding carboxylic acids is 1. The lowest BCUT2D eigenvalue weighted by molar-refractivity contribution is -0.114. The van der Waals surface area contributed by atoms with E-state index in [1.165, 1.54) is 19.2 Å². The SMILES string of the molecule is CC(=O)Nc1cc(Nc2ccnc(C(C)(F)F)n2)c(-c2ccc(CNC3CCOCC3)cn2)cn1. The van der Waals surface area contributed by atoms with Crippen molar-refractivity contribution < 1.29 is 18.3 Å². The molecule has 0 spiro atoms. The van der Waals surface area contributed by atoms with Gasteiger partial charge in [-0.15, -0.1) is 0 Å². The van der Waals surface area contributed by atoms with Gasteiger partial charge in [0.15, 0.2) is 0 Å². The zero-order valence-corrected chi connectivity index (χ0v) is 19.5. The topological polar surface area (TPSA) is 114 Å². The Morgan fingerprint density at radius 1 is 1.11 bits per heavy atom. The molecule has 35 heavy (non-hydrogen) atoms. The van der Waals surface area contributed by atoms with E-state index in [0.717, 1.165) is 38.5 Å². The molecule has 1 amide bonds. The summed E-state index contributed by atoms with van der Waals surface area (Å²) in [6.45, 7) is 4.35. The minimum absolute atomic E-state index is 0.176. The fraction of sp³-hybridized carbons (Fsp3) is 0.375. The number of anilines is 3. The number of halogens is 2. The third-order valence-corrected chi connectivity index (χ3v) is 5.44. The molecule has 9 nitrogen and oxygen atoms in total. The van der Waals surface area contributed by atoms with Crippen molar-refractivity contribution in [3.05, 3.63) is 54.2 Å². The molecule has 3 aromatic heterocycles. The Morgan fingerprint density at radius 2 is 1.91 bits per heavy atom. The zero-order valence-electron chi connectivity index (χ0n) is 19.5. The van der Waals surface area contributed by atoms with Crippen LogP contribution in [0.15, 0.2) is 42.9 Å². The Hall–Kier alpha value is -3.57. The van der Waals surface area contributed by atoms with Gasteiger partial charge in [0.2, 0.25) is 11.7 Å². The lowest BCUT2D eigenvalue weighted by Gasteiger charge is -2.23. The lowest BCUT2D eigenvalue weighted by Crippen LogP contribution is -2.34. The summed E-state index contributed by atoms with van der Waals surface area (Å²) in [7, 11) is 0. The summed E-state index contributed by atoms with van der Waals surface area (Å²) >= 11 is 0. The van der Waals surface area contributed by atoms with E-state index in [1.807, 2.05) is 12.1 Å². The Morgan fingerprint density at radius 3 is 2.60 bits per heavy atom. The number of amides is 1. The van der Waals surface area contributed by atoms with Crippen molar-refractivity contribution in [1.82, 2.24) is 25.3 Å². The maximum Gasteiger partial charge on any atom is 0.303 e. The van der Waals surface area contributed by atoms with Crippen LogP contribution < -0.4 is 16.0 Å². The predicted octanol–water partition coefficient (Wildman–Crippen LogP) is 4.02. The average molecular weight is 484 g/mol. The molecule has 1 aliphatic rings. The van der Waals surface area contributed by atoms with E-state index in [4.69, 9.17) is 4.74 Å². The van der Waals surface area contributed by atoms with Crippen molar-refractivity contribution in [2.75, 3.05) is 23.8 Å². The summed E-state index contributed by atoms with van der Waals surface area (Å²) in [4.78, 5) is 28.0. The highest BCUT2D eigenvalue weighted by atomic mass is 19.3. The van der Waals surface area contributed by atoms with Crippen molar-refractivity contribution in [2.24, 2.45) is 0 Å². The second-order valence-electron chi connectivity index (χ2n) is 8.39. The van der Waals surface area contributed by atoms with Gasteiger partial charge in [-0.1, -0.05) is 6.07 Å². The summed E-state index contributed by atoms with van der Waals surface area (Å²) in [5, 5.41) is 9.19. The van der Waals surface area contributed by atoms with Gasteiger partial charge in [0.05, 0.1) is 11.4 Å². The van der Waals surface area contributed by atoms with Crippen LogP contribution in [0.2, 0.25) is 0 Å². The molecule has 0 unspecified atom stereocenters. The molecule has 0 aromatic carbocycles. The van der Waals surface area contributed by atoms with Crippen LogP contribution in [0.25, 0.3) is 11.3 Å². The van der Waals surface area contributed by atoms with Crippen molar-refractivity contribution in [1.29, 1.82) is 0 Å². The Bertz CT molecular complexity index is 1160. The molecule has 184 valence electrons. The molecule has 0 atom stereocenters. The van der Waals surface area contributed by atoms with Crippen LogP contribution in [0.4, 0.5) is 26.1 Å². The molecule has 4 heterocycles. The molecular formula is C24H27F2N7O2. The minimum atomic E-state index is -3.18. The number of hydrogen-bond acceptors (Lipinski definition) is 8. The van der Waals surface area contributed by atoms with Crippen LogP contribution in [-0.4, -0.2) is 45.1 Å². The molecule has 0 saturated carbocycles. The maximum atomic E-state index is 13.7. The quantitative estimate of drug-likeness (QED) is 0.440. The maximum absolute atomic E-state index is 13.7. The Kier molecular flexibility index (Phi) is 7.57. The van der Waals surface area contributed by atoms with Gasteiger partial charge >= 0.3 is 5.92 Å². The van der Waals surface area contributed by atoms with Crippen LogP contribution >= 0.6 is 0 Å². The molecule has 0 bridgehead atoms. The highest BCUT2D eigenvalue weighted by Gasteiger charge is 2.28. The second kappa shape index (κ2) is 10.8. The summed E-state index contributed by atoms with van der Waals surface area (Å²) in [6.07, 6.45) is 6.58. The molecule has 3 aromatic rings. The number of ether oxygens (including phenoxy) is 1. The number of carbonyl (C=O) groups is 1. The second-order valence-corrected chi connectivity index (χ2v) is 8.39. The molecular weight excluding hydrogens is 456 g/mol. The summed E-state index contributed by atoms with van der Waals surface area (Å²) in [5.41, 5.74) is 2.77. The van der Waals surface area contributed by atoms with Crippen molar-refractivity contribution in [2.45, 2.75) is 45.2 Å². The number of pyridine rings is 2. The standard InChI is InChI=1S/C24H27F2N7O2/c1-15(34)31-22-11-20(32-21-5-8-27-23(33-21)24(2,25)26)18(14-30-22)19-4-3-16(13-29-19)12-28-17-6-9-35-10-7-17/h3-5,8,11,13-14,17,28H,6-7,9-10,12H2,1-2H3,(H2,27,30,31,32,33,34). The average Bonchev–Trinajstić information content (AvgIpc) is 2.83. The first kappa shape index (κ1) is 24.6. The predicted molar refractivity (Wildman–Crippen MR) is 127 cm³/mol. The lowest BCUT2D eigenvalue weighted by atomic mass is 10.1. The van der Waals surface area contributed by atoms with E-state index in [9.17, 15) is 13.6 Å². The van der Waals surface area contributed by atoms with E-state index in [0.29, 0.717) is 35.3 Å². The smallest absolute Gasteiger partial charge is 0.303 e. The number of rotatable bonds is 8. The monoisotopic (exact) mass is 483 g/mol. The van der Waals surface area contributed by atoms with Crippen molar-refractivity contribution in [3.63, 3.8) is 0 Å². The van der Waals surface area contributed by atoms with Crippen LogP contribution in [0.1, 0.15) is 38.1 Å². The van der Waals surface area contributed by atoms with Gasteiger partial charge in [-0.25, -0.2) is 15.0 Å². The van der Waals surface area contributed by atoms with Crippen LogP contribution in [0.5, 0.6) is 0 Å². The van der Waals surface area contributed by atoms with Gasteiger partial charge in [-0.05, 0) is 30.5 Å². The van der Waals surface area contributed by atoms with Crippen LogP contribution in [-0.2, 0) is 22.0 Å². The summed E-state index contributed by atoms with van der Waals surface area (Å²) < 4.78 is 32.8. The fourth-order valence-electron chi connectivity index (χ4n) is 3.64. The Labute approximate surface area is 201 Å². The molecule has 4 rings (SSSR count). The van der Waals surface area contributed by atoms with E-state index >= 15 is 0 Å². The first-order valence-electron chi connectivity index (χ1n) is 11.3. The minimum Gasteiger partial charge on any atom is -0.381 e. The number of nitrogens with zero attached hydrogens (tertiary/aromatic N) is 4. The molecule has 0 aliphatic carbocycles. The molecule has 0 radical (unpaired) electrons. The number of nitrogens with one attached hydrogen (secondary N) is 3. The summed E-state index contributed by atoms with van der Waals surface area (Å²) in [5.74, 6) is -3.59. The van der Waals surface area contributed by atoms with Gasteiger partial charge in [-0.2, -0.15) is 8.78 Å². The van der Waals surface area contributed by atoms with Gasteiger partial charge in [0.1, 0.15) is 11.6 Å². The summed E-state index contributed by atoms with van der Waals surface area (Å²) in [6, 6.07) is 7.35. The molecule has 1 saturated heterocycles. The Balaban J connectivity index is 1.57. The van der Waals surface area contributed by atoms with Crippen LogP contribution in [0, 0.1) is 0 Å².